The average molecular weight is 694 g/mol. The van der Waals surface area contributed by atoms with Gasteiger partial charge in [0, 0.05) is 6.42 Å². The van der Waals surface area contributed by atoms with Crippen LogP contribution in [0.1, 0.15) is 239 Å². The summed E-state index contributed by atoms with van der Waals surface area (Å²) in [6.45, 7) is 4.18. The number of nitrogens with one attached hydrogen (secondary N) is 1. The Balaban J connectivity index is 3.61. The van der Waals surface area contributed by atoms with E-state index in [1.807, 2.05) is 0 Å². The summed E-state index contributed by atoms with van der Waals surface area (Å²) in [5.74, 6) is -0.150. The Kier molecular flexibility index (Phi) is 39.1. The van der Waals surface area contributed by atoms with Gasteiger partial charge in [-0.05, 0) is 38.5 Å². The van der Waals surface area contributed by atoms with Crippen LogP contribution in [0.25, 0.3) is 0 Å². The largest absolute Gasteiger partial charge is 0.394 e. The lowest BCUT2D eigenvalue weighted by molar-refractivity contribution is -0.124. The molecule has 5 nitrogen and oxygen atoms in total. The molecule has 49 heavy (non-hydrogen) atoms. The average Bonchev–Trinajstić information content (AvgIpc) is 3.10. The van der Waals surface area contributed by atoms with Crippen LogP contribution in [-0.4, -0.2) is 46.1 Å². The molecule has 0 aliphatic heterocycles. The van der Waals surface area contributed by atoms with E-state index in [1.54, 1.807) is 0 Å². The molecule has 0 aliphatic carbocycles. The maximum atomic E-state index is 12.4. The summed E-state index contributed by atoms with van der Waals surface area (Å²) in [6, 6.07) is -0.820. The summed E-state index contributed by atoms with van der Waals surface area (Å²) in [5.41, 5.74) is 0. The van der Waals surface area contributed by atoms with Gasteiger partial charge in [0.15, 0.2) is 0 Å². The minimum atomic E-state index is -1.15. The highest BCUT2D eigenvalue weighted by Crippen LogP contribution is 2.16. The van der Waals surface area contributed by atoms with Gasteiger partial charge < -0.3 is 20.6 Å². The van der Waals surface area contributed by atoms with E-state index in [9.17, 15) is 20.1 Å². The molecule has 0 aromatic carbocycles. The summed E-state index contributed by atoms with van der Waals surface area (Å²) in [4.78, 5) is 12.4. The van der Waals surface area contributed by atoms with Crippen LogP contribution in [0.2, 0.25) is 0 Å². The van der Waals surface area contributed by atoms with Crippen molar-refractivity contribution in [2.75, 3.05) is 6.61 Å². The lowest BCUT2D eigenvalue weighted by atomic mass is 10.0. The number of allylic oxidation sites excluding steroid dienone is 2. The van der Waals surface area contributed by atoms with Crippen molar-refractivity contribution >= 4 is 5.91 Å². The molecule has 0 aromatic heterocycles. The standard InChI is InChI=1S/C44H87NO4/c1-3-5-7-9-11-13-15-17-19-20-21-22-23-24-25-27-29-31-33-35-37-39-43(48)45-41(40-46)44(49)42(47)38-36-34-32-30-28-26-18-16-14-12-10-8-6-4-2/h30,32,41-42,44,46-47,49H,3-29,31,33-40H2,1-2H3,(H,45,48)/b32-30+. The number of carbonyl (C=O) groups excluding carboxylic acids is 1. The van der Waals surface area contributed by atoms with Crippen LogP contribution >= 0.6 is 0 Å². The zero-order valence-electron chi connectivity index (χ0n) is 33.1. The minimum absolute atomic E-state index is 0.150. The first-order chi connectivity index (χ1) is 24.1. The fraction of sp³-hybridized carbons (Fsp3) is 0.932. The highest BCUT2D eigenvalue weighted by molar-refractivity contribution is 5.76. The molecule has 0 radical (unpaired) electrons. The first kappa shape index (κ1) is 48.1. The van der Waals surface area contributed by atoms with Gasteiger partial charge in [0.05, 0.1) is 18.8 Å². The van der Waals surface area contributed by atoms with Crippen molar-refractivity contribution in [1.82, 2.24) is 5.32 Å². The summed E-state index contributed by atoms with van der Waals surface area (Å²) in [5, 5.41) is 33.5. The van der Waals surface area contributed by atoms with Gasteiger partial charge in [-0.1, -0.05) is 206 Å². The summed E-state index contributed by atoms with van der Waals surface area (Å²) >= 11 is 0. The molecule has 0 aliphatic rings. The van der Waals surface area contributed by atoms with E-state index in [4.69, 9.17) is 0 Å². The summed E-state index contributed by atoms with van der Waals surface area (Å²) in [6.07, 6.45) is 46.1. The molecule has 3 atom stereocenters. The Morgan fingerprint density at radius 2 is 0.816 bits per heavy atom. The Morgan fingerprint density at radius 3 is 1.18 bits per heavy atom. The Labute approximate surface area is 306 Å². The van der Waals surface area contributed by atoms with Gasteiger partial charge in [0.25, 0.3) is 0 Å². The fourth-order valence-electron chi connectivity index (χ4n) is 6.93. The van der Waals surface area contributed by atoms with Crippen LogP contribution in [0.15, 0.2) is 12.2 Å². The number of carbonyl (C=O) groups is 1. The third-order valence-corrected chi connectivity index (χ3v) is 10.4. The minimum Gasteiger partial charge on any atom is -0.394 e. The number of unbranched alkanes of at least 4 members (excludes halogenated alkanes) is 30. The zero-order valence-corrected chi connectivity index (χ0v) is 33.1. The lowest BCUT2D eigenvalue weighted by Crippen LogP contribution is -2.50. The predicted octanol–water partition coefficient (Wildman–Crippen LogP) is 12.4. The van der Waals surface area contributed by atoms with Gasteiger partial charge in [0.2, 0.25) is 5.91 Å². The molecule has 4 N–H and O–H groups in total. The lowest BCUT2D eigenvalue weighted by Gasteiger charge is -2.26. The molecule has 0 heterocycles. The first-order valence-electron chi connectivity index (χ1n) is 22.0. The van der Waals surface area contributed by atoms with Crippen molar-refractivity contribution in [3.05, 3.63) is 12.2 Å². The van der Waals surface area contributed by atoms with Crippen LogP contribution < -0.4 is 5.32 Å². The van der Waals surface area contributed by atoms with Gasteiger partial charge in [-0.15, -0.1) is 0 Å². The molecule has 292 valence electrons. The van der Waals surface area contributed by atoms with Crippen LogP contribution in [0, 0.1) is 0 Å². The van der Waals surface area contributed by atoms with Crippen molar-refractivity contribution < 1.29 is 20.1 Å². The monoisotopic (exact) mass is 694 g/mol. The van der Waals surface area contributed by atoms with Gasteiger partial charge in [-0.2, -0.15) is 0 Å². The van der Waals surface area contributed by atoms with Crippen LogP contribution in [0.3, 0.4) is 0 Å². The van der Waals surface area contributed by atoms with Crippen molar-refractivity contribution in [2.45, 2.75) is 257 Å². The number of aliphatic hydroxyl groups excluding tert-OH is 3. The molecule has 0 saturated carbocycles. The fourth-order valence-corrected chi connectivity index (χ4v) is 6.93. The maximum Gasteiger partial charge on any atom is 0.220 e. The van der Waals surface area contributed by atoms with Crippen LogP contribution in [0.5, 0.6) is 0 Å². The second-order valence-electron chi connectivity index (χ2n) is 15.3. The highest BCUT2D eigenvalue weighted by atomic mass is 16.3. The maximum absolute atomic E-state index is 12.4. The Hall–Kier alpha value is -0.910. The smallest absolute Gasteiger partial charge is 0.220 e. The van der Waals surface area contributed by atoms with E-state index < -0.39 is 18.2 Å². The van der Waals surface area contributed by atoms with Crippen molar-refractivity contribution in [3.8, 4) is 0 Å². The quantitative estimate of drug-likeness (QED) is 0.0380. The second-order valence-corrected chi connectivity index (χ2v) is 15.3. The van der Waals surface area contributed by atoms with Crippen molar-refractivity contribution in [3.63, 3.8) is 0 Å². The van der Waals surface area contributed by atoms with Gasteiger partial charge in [-0.3, -0.25) is 4.79 Å². The SMILES string of the molecule is CCCCCCCCCCC/C=C/CCCC(O)C(O)C(CO)NC(=O)CCCCCCCCCCCCCCCCCCCCCCC. The number of hydrogen-bond donors (Lipinski definition) is 4. The third-order valence-electron chi connectivity index (χ3n) is 10.4. The van der Waals surface area contributed by atoms with Crippen LogP contribution in [0.4, 0.5) is 0 Å². The second kappa shape index (κ2) is 39.9. The van der Waals surface area contributed by atoms with E-state index in [-0.39, 0.29) is 12.5 Å². The molecule has 0 rings (SSSR count). The molecule has 0 saturated heterocycles. The Bertz CT molecular complexity index is 684. The molecule has 1 amide bonds. The molecule has 5 heteroatoms. The normalized spacial score (nSPS) is 13.7. The van der Waals surface area contributed by atoms with E-state index >= 15 is 0 Å². The number of hydrogen-bond acceptors (Lipinski definition) is 4. The first-order valence-corrected chi connectivity index (χ1v) is 22.0. The molecule has 0 fully saturated rings. The molecule has 0 spiro atoms. The van der Waals surface area contributed by atoms with Crippen molar-refractivity contribution in [1.29, 1.82) is 0 Å². The number of rotatable bonds is 40. The molecule has 0 bridgehead atoms. The molecular weight excluding hydrogens is 606 g/mol. The van der Waals surface area contributed by atoms with Crippen molar-refractivity contribution in [2.24, 2.45) is 0 Å². The Morgan fingerprint density at radius 1 is 0.490 bits per heavy atom. The summed E-state index contributed by atoms with van der Waals surface area (Å²) < 4.78 is 0. The topological polar surface area (TPSA) is 89.8 Å². The molecule has 0 aromatic rings. The number of aliphatic hydroxyl groups is 3. The van der Waals surface area contributed by atoms with E-state index in [0.717, 1.165) is 38.5 Å². The van der Waals surface area contributed by atoms with E-state index in [0.29, 0.717) is 12.8 Å². The van der Waals surface area contributed by atoms with E-state index in [1.165, 1.54) is 173 Å². The molecular formula is C44H87NO4. The van der Waals surface area contributed by atoms with Gasteiger partial charge in [0.1, 0.15) is 6.10 Å². The number of amides is 1. The predicted molar refractivity (Wildman–Crippen MR) is 213 cm³/mol. The van der Waals surface area contributed by atoms with Gasteiger partial charge in [-0.25, -0.2) is 0 Å². The third kappa shape index (κ3) is 35.3. The molecule has 3 unspecified atom stereocenters. The van der Waals surface area contributed by atoms with Crippen LogP contribution in [-0.2, 0) is 4.79 Å². The zero-order chi connectivity index (χ0) is 35.9. The van der Waals surface area contributed by atoms with Gasteiger partial charge >= 0.3 is 0 Å². The summed E-state index contributed by atoms with van der Waals surface area (Å²) in [7, 11) is 0. The van der Waals surface area contributed by atoms with E-state index in [2.05, 4.69) is 31.3 Å². The highest BCUT2D eigenvalue weighted by Gasteiger charge is 2.26.